The smallest absolute Gasteiger partial charge is 0.0121 e. The summed E-state index contributed by atoms with van der Waals surface area (Å²) in [6.45, 7) is 13.3. The van der Waals surface area contributed by atoms with E-state index < -0.39 is 0 Å². The monoisotopic (exact) mass is 366 g/mol. The molecule has 0 fully saturated rings. The molecule has 0 nitrogen and oxygen atoms in total. The summed E-state index contributed by atoms with van der Waals surface area (Å²) < 4.78 is 0. The van der Waals surface area contributed by atoms with Gasteiger partial charge in [-0.1, -0.05) is 94.8 Å². The molecule has 1 atom stereocenters. The third-order valence-corrected chi connectivity index (χ3v) is 4.94. The van der Waals surface area contributed by atoms with Crippen molar-refractivity contribution in [2.24, 2.45) is 0 Å². The molecule has 0 heterocycles. The molecule has 0 radical (unpaired) electrons. The van der Waals surface area contributed by atoms with Crippen molar-refractivity contribution in [1.82, 2.24) is 0 Å². The number of hydrogen-bond donors (Lipinski definition) is 0. The molecule has 0 saturated heterocycles. The van der Waals surface area contributed by atoms with Gasteiger partial charge in [-0.05, 0) is 74.6 Å². The van der Waals surface area contributed by atoms with Crippen molar-refractivity contribution in [3.63, 3.8) is 0 Å². The van der Waals surface area contributed by atoms with Gasteiger partial charge in [0.2, 0.25) is 0 Å². The molecule has 0 saturated carbocycles. The second-order valence-electron chi connectivity index (χ2n) is 7.26. The van der Waals surface area contributed by atoms with Crippen LogP contribution in [0.4, 0.5) is 0 Å². The molecule has 1 unspecified atom stereocenters. The minimum absolute atomic E-state index is 0. The van der Waals surface area contributed by atoms with Gasteiger partial charge in [-0.2, -0.15) is 0 Å². The first-order valence-corrected chi connectivity index (χ1v) is 10.3. The van der Waals surface area contributed by atoms with Crippen LogP contribution in [-0.2, 0) is 6.42 Å². The van der Waals surface area contributed by atoms with Crippen LogP contribution in [0.2, 0.25) is 0 Å². The molecule has 2 rings (SSSR count). The maximum absolute atomic E-state index is 2.30. The molecule has 27 heavy (non-hydrogen) atoms. The van der Waals surface area contributed by atoms with E-state index >= 15 is 0 Å². The number of hydrogen-bond acceptors (Lipinski definition) is 0. The van der Waals surface area contributed by atoms with E-state index in [1.165, 1.54) is 53.5 Å². The fourth-order valence-corrected chi connectivity index (χ4v) is 3.31. The lowest BCUT2D eigenvalue weighted by atomic mass is 9.86. The van der Waals surface area contributed by atoms with E-state index in [0.29, 0.717) is 5.92 Å². The summed E-state index contributed by atoms with van der Waals surface area (Å²) in [5.41, 5.74) is 7.18. The van der Waals surface area contributed by atoms with Gasteiger partial charge < -0.3 is 0 Å². The Morgan fingerprint density at radius 3 is 2.11 bits per heavy atom. The maximum atomic E-state index is 2.30. The van der Waals surface area contributed by atoms with Crippen molar-refractivity contribution in [2.45, 2.75) is 87.0 Å². The molecule has 0 amide bonds. The topological polar surface area (TPSA) is 0 Å². The first-order valence-electron chi connectivity index (χ1n) is 10.3. The highest BCUT2D eigenvalue weighted by atomic mass is 14.2. The normalized spacial score (nSPS) is 11.5. The van der Waals surface area contributed by atoms with Crippen molar-refractivity contribution >= 4 is 0 Å². The van der Waals surface area contributed by atoms with E-state index in [1.54, 1.807) is 0 Å². The summed E-state index contributed by atoms with van der Waals surface area (Å²) in [4.78, 5) is 0. The minimum Gasteiger partial charge on any atom is -0.0888 e. The predicted octanol–water partition coefficient (Wildman–Crippen LogP) is 8.74. The summed E-state index contributed by atoms with van der Waals surface area (Å²) >= 11 is 0. The SMILES string of the molecule is C.CC/C=C\CCC.CCC(Cc1ccc(C)cc1C)c1ccccc1C. The molecule has 0 spiro atoms. The highest BCUT2D eigenvalue weighted by Crippen LogP contribution is 2.28. The fourth-order valence-electron chi connectivity index (χ4n) is 3.31. The Kier molecular flexibility index (Phi) is 13.3. The van der Waals surface area contributed by atoms with E-state index in [9.17, 15) is 0 Å². The summed E-state index contributed by atoms with van der Waals surface area (Å²) in [5.74, 6) is 0.627. The van der Waals surface area contributed by atoms with E-state index in [4.69, 9.17) is 0 Å². The summed E-state index contributed by atoms with van der Waals surface area (Å²) in [5, 5.41) is 0. The summed E-state index contributed by atoms with van der Waals surface area (Å²) in [7, 11) is 0. The van der Waals surface area contributed by atoms with Gasteiger partial charge in [-0.3, -0.25) is 0 Å². The standard InChI is InChI=1S/C19H24.C7H14.CH4/c1-5-17(19-9-7-6-8-15(19)3)13-18-11-10-14(2)12-16(18)4;1-3-5-7-6-4-2;/h6-12,17H,5,13H2,1-4H3;5,7H,3-4,6H2,1-2H3;1H4/b;7-5-;. The highest BCUT2D eigenvalue weighted by Gasteiger charge is 2.13. The molecule has 2 aromatic carbocycles. The second-order valence-corrected chi connectivity index (χ2v) is 7.26. The Balaban J connectivity index is 0.000000728. The van der Waals surface area contributed by atoms with Crippen LogP contribution in [0.3, 0.4) is 0 Å². The maximum Gasteiger partial charge on any atom is -0.0121 e. The molecule has 0 aliphatic heterocycles. The number of aryl methyl sites for hydroxylation is 3. The van der Waals surface area contributed by atoms with Crippen molar-refractivity contribution in [1.29, 1.82) is 0 Å². The average Bonchev–Trinajstić information content (AvgIpc) is 2.63. The third kappa shape index (κ3) is 9.09. The van der Waals surface area contributed by atoms with Gasteiger partial charge in [0.15, 0.2) is 0 Å². The molecule has 2 aromatic rings. The van der Waals surface area contributed by atoms with Gasteiger partial charge in [0, 0.05) is 0 Å². The Hall–Kier alpha value is -1.82. The Morgan fingerprint density at radius 2 is 1.56 bits per heavy atom. The number of rotatable bonds is 7. The van der Waals surface area contributed by atoms with Crippen LogP contribution < -0.4 is 0 Å². The minimum atomic E-state index is 0. The zero-order valence-corrected chi connectivity index (χ0v) is 17.8. The molecular formula is C27H42. The summed E-state index contributed by atoms with van der Waals surface area (Å²) in [6.07, 6.45) is 10.5. The largest absolute Gasteiger partial charge is 0.0888 e. The quantitative estimate of drug-likeness (QED) is 0.430. The van der Waals surface area contributed by atoms with Gasteiger partial charge >= 0.3 is 0 Å². The zero-order valence-electron chi connectivity index (χ0n) is 17.8. The molecule has 0 N–H and O–H groups in total. The number of benzene rings is 2. The van der Waals surface area contributed by atoms with Gasteiger partial charge in [0.25, 0.3) is 0 Å². The fraction of sp³-hybridized carbons (Fsp3) is 0.481. The third-order valence-electron chi connectivity index (χ3n) is 4.94. The second kappa shape index (κ2) is 14.3. The van der Waals surface area contributed by atoms with Gasteiger partial charge in [-0.15, -0.1) is 0 Å². The lowest BCUT2D eigenvalue weighted by Gasteiger charge is -2.19. The average molecular weight is 367 g/mol. The van der Waals surface area contributed by atoms with E-state index in [0.717, 1.165) is 6.42 Å². The molecule has 150 valence electrons. The first-order chi connectivity index (χ1) is 12.5. The molecule has 0 aliphatic carbocycles. The van der Waals surface area contributed by atoms with E-state index in [2.05, 4.69) is 96.2 Å². The van der Waals surface area contributed by atoms with Crippen molar-refractivity contribution in [3.8, 4) is 0 Å². The molecule has 0 bridgehead atoms. The van der Waals surface area contributed by atoms with Gasteiger partial charge in [0.05, 0.1) is 0 Å². The number of allylic oxidation sites excluding steroid dienone is 2. The van der Waals surface area contributed by atoms with Crippen LogP contribution in [0.1, 0.15) is 87.6 Å². The van der Waals surface area contributed by atoms with Gasteiger partial charge in [0.1, 0.15) is 0 Å². The van der Waals surface area contributed by atoms with Crippen molar-refractivity contribution in [3.05, 3.63) is 82.4 Å². The van der Waals surface area contributed by atoms with Crippen molar-refractivity contribution < 1.29 is 0 Å². The van der Waals surface area contributed by atoms with Crippen LogP contribution in [-0.4, -0.2) is 0 Å². The molecule has 0 heteroatoms. The van der Waals surface area contributed by atoms with Crippen LogP contribution in [0.5, 0.6) is 0 Å². The molecule has 0 aliphatic rings. The van der Waals surface area contributed by atoms with E-state index in [-0.39, 0.29) is 7.43 Å². The Labute approximate surface area is 169 Å². The number of unbranched alkanes of at least 4 members (excludes halogenated alkanes) is 1. The lowest BCUT2D eigenvalue weighted by Crippen LogP contribution is -2.05. The predicted molar refractivity (Wildman–Crippen MR) is 125 cm³/mol. The Morgan fingerprint density at radius 1 is 0.852 bits per heavy atom. The van der Waals surface area contributed by atoms with Crippen LogP contribution in [0.15, 0.2) is 54.6 Å². The van der Waals surface area contributed by atoms with Crippen LogP contribution >= 0.6 is 0 Å². The van der Waals surface area contributed by atoms with Crippen LogP contribution in [0, 0.1) is 20.8 Å². The molecular weight excluding hydrogens is 324 g/mol. The summed E-state index contributed by atoms with van der Waals surface area (Å²) in [6, 6.07) is 15.6. The van der Waals surface area contributed by atoms with Crippen LogP contribution in [0.25, 0.3) is 0 Å². The highest BCUT2D eigenvalue weighted by molar-refractivity contribution is 5.35. The molecule has 0 aromatic heterocycles. The first kappa shape index (κ1) is 25.2. The van der Waals surface area contributed by atoms with Crippen molar-refractivity contribution in [2.75, 3.05) is 0 Å². The van der Waals surface area contributed by atoms with E-state index in [1.807, 2.05) is 0 Å². The lowest BCUT2D eigenvalue weighted by molar-refractivity contribution is 0.654. The Bertz CT molecular complexity index is 663. The van der Waals surface area contributed by atoms with Gasteiger partial charge in [-0.25, -0.2) is 0 Å². The zero-order chi connectivity index (χ0) is 19.4.